The molecule has 4 atom stereocenters. The summed E-state index contributed by atoms with van der Waals surface area (Å²) in [6.45, 7) is 56.1. The van der Waals surface area contributed by atoms with E-state index in [1.807, 2.05) is 94.4 Å². The molecule has 12 nitrogen and oxygen atoms in total. The van der Waals surface area contributed by atoms with Crippen LogP contribution < -0.4 is 11.5 Å². The van der Waals surface area contributed by atoms with Gasteiger partial charge in [-0.3, -0.25) is 0 Å². The fraction of sp³-hybridized carbons (Fsp3) is 0.538. The van der Waals surface area contributed by atoms with E-state index in [4.69, 9.17) is 44.9 Å². The second-order valence-corrected chi connectivity index (χ2v) is 52.8. The molecule has 0 saturated heterocycles. The third kappa shape index (κ3) is 37.0. The van der Waals surface area contributed by atoms with Crippen LogP contribution in [0.25, 0.3) is 10.4 Å². The molecule has 18 heteroatoms. The van der Waals surface area contributed by atoms with Crippen LogP contribution in [0.3, 0.4) is 0 Å². The number of hydrogen-bond donors (Lipinski definition) is 5. The zero-order valence-corrected chi connectivity index (χ0v) is 70.6. The molecule has 0 aliphatic heterocycles. The van der Waals surface area contributed by atoms with Crippen LogP contribution >= 0.6 is 31.9 Å². The maximum atomic E-state index is 9.44. The van der Waals surface area contributed by atoms with Crippen molar-refractivity contribution in [2.45, 2.75) is 273 Å². The van der Waals surface area contributed by atoms with Crippen molar-refractivity contribution in [3.8, 4) is 0 Å². The fourth-order valence-electron chi connectivity index (χ4n) is 8.13. The average molecular weight is 1520 g/mol. The van der Waals surface area contributed by atoms with Crippen LogP contribution in [0, 0.1) is 0 Å². The van der Waals surface area contributed by atoms with Gasteiger partial charge in [0.05, 0.1) is 45.7 Å². The standard InChI is InChI=1S/C16H27N3OSi.C16H29NOSi.C16H28O2Si.C13H21BrOSi.C10H15NO.C7H7BrO/c1-13(18-19-17)10-14-8-7-9-15(11-14)12-20-21(5,6)16(2,3)4;2*1-13(17)10-14-8-7-9-15(11-14)12-18-19(5,6)16(2,3)4;1-13(2,3)16(4,5)15-10-11-7-6-8-12(14)9-11;1-8(11)5-9-3-2-4-10(6-9)7-12;8-7-3-1-2-6(4-7)5-9/h7-9,11,13H,10,12H2,1-6H3;7-9,11,13H,10,12,17H2,1-6H3;7-9,11,13,17H,10,12H2,1-6H3;6-9H,10H2,1-5H3;2-4,6,8,12H,5,7,11H2,1H3;1-4,9H,5H2/t3*13-;;8-;/m001.0./s1. The predicted octanol–water partition coefficient (Wildman–Crippen LogP) is 21.7. The Morgan fingerprint density at radius 1 is 0.396 bits per heavy atom. The average Bonchev–Trinajstić information content (AvgIpc) is 0.888. The molecule has 6 aromatic carbocycles. The molecular weight excluding hydrogens is 1390 g/mol. The van der Waals surface area contributed by atoms with Crippen LogP contribution in [0.4, 0.5) is 0 Å². The first-order chi connectivity index (χ1) is 44.2. The highest BCUT2D eigenvalue weighted by molar-refractivity contribution is 9.10. The van der Waals surface area contributed by atoms with Gasteiger partial charge in [0.15, 0.2) is 33.3 Å². The monoisotopic (exact) mass is 1520 g/mol. The summed E-state index contributed by atoms with van der Waals surface area (Å²) in [5.41, 5.74) is 31.6. The first-order valence-corrected chi connectivity index (χ1v) is 47.2. The number of rotatable bonds is 23. The van der Waals surface area contributed by atoms with E-state index in [9.17, 15) is 5.11 Å². The Morgan fingerprint density at radius 3 is 0.875 bits per heavy atom. The van der Waals surface area contributed by atoms with E-state index < -0.39 is 33.3 Å². The van der Waals surface area contributed by atoms with Crippen molar-refractivity contribution in [2.24, 2.45) is 16.6 Å². The van der Waals surface area contributed by atoms with Crippen LogP contribution in [0.2, 0.25) is 72.5 Å². The van der Waals surface area contributed by atoms with Crippen molar-refractivity contribution >= 4 is 65.1 Å². The molecule has 536 valence electrons. The second kappa shape index (κ2) is 42.4. The highest BCUT2D eigenvalue weighted by Crippen LogP contribution is 2.40. The quantitative estimate of drug-likeness (QED) is 0.0179. The summed E-state index contributed by atoms with van der Waals surface area (Å²) in [5.74, 6) is 0. The maximum absolute atomic E-state index is 9.44. The van der Waals surface area contributed by atoms with E-state index >= 15 is 0 Å². The summed E-state index contributed by atoms with van der Waals surface area (Å²) >= 11 is 6.77. The van der Waals surface area contributed by atoms with E-state index in [-0.39, 0.29) is 57.6 Å². The molecule has 0 saturated carbocycles. The molecule has 7 N–H and O–H groups in total. The van der Waals surface area contributed by atoms with E-state index in [1.165, 1.54) is 44.5 Å². The van der Waals surface area contributed by atoms with Gasteiger partial charge >= 0.3 is 0 Å². The number of aliphatic hydroxyl groups excluding tert-OH is 3. The summed E-state index contributed by atoms with van der Waals surface area (Å²) in [4.78, 5) is 2.86. The number of azide groups is 1. The lowest BCUT2D eigenvalue weighted by atomic mass is 10.1. The third-order valence-electron chi connectivity index (χ3n) is 18.2. The molecule has 0 amide bonds. The van der Waals surface area contributed by atoms with Gasteiger partial charge in [-0.15, -0.1) is 0 Å². The van der Waals surface area contributed by atoms with E-state index in [1.54, 1.807) is 0 Å². The normalized spacial score (nSPS) is 13.4. The second-order valence-electron chi connectivity index (χ2n) is 31.7. The number of aliphatic hydroxyl groups is 3. The molecule has 0 unspecified atom stereocenters. The number of hydrogen-bond acceptors (Lipinski definition) is 10. The van der Waals surface area contributed by atoms with Gasteiger partial charge in [0, 0.05) is 32.0 Å². The smallest absolute Gasteiger partial charge is 0.192 e. The number of nitrogens with two attached hydrogens (primary N) is 2. The Morgan fingerprint density at radius 2 is 0.625 bits per heavy atom. The lowest BCUT2D eigenvalue weighted by molar-refractivity contribution is 0.195. The zero-order valence-electron chi connectivity index (χ0n) is 63.5. The van der Waals surface area contributed by atoms with E-state index in [0.717, 1.165) is 45.9 Å². The SMILES string of the molecule is CC(C)(C)[Si](C)(C)OCc1cccc(Br)c1.C[C@@H](Cc1cccc(CO[Si](C)(C)C(C)(C)C)c1)N=[N+]=[N-].C[C@@H](O)Cc1cccc(CO[Si](C)(C)C(C)(C)C)c1.C[C@H](N)Cc1cccc(CO)c1.C[C@H](N)Cc1cccc(CO[Si](C)(C)C(C)(C)C)c1.OCc1cccc(Br)c1. The van der Waals surface area contributed by atoms with Gasteiger partial charge in [-0.2, -0.15) is 0 Å². The number of benzene rings is 6. The molecule has 0 bridgehead atoms. The molecule has 6 rings (SSSR count). The largest absolute Gasteiger partial charge is 0.413 e. The van der Waals surface area contributed by atoms with Crippen LogP contribution in [-0.2, 0) is 83.0 Å². The molecule has 0 heterocycles. The van der Waals surface area contributed by atoms with Crippen LogP contribution in [-0.4, -0.2) is 72.8 Å². The lowest BCUT2D eigenvalue weighted by Gasteiger charge is -2.36. The number of halogens is 2. The van der Waals surface area contributed by atoms with Crippen molar-refractivity contribution in [1.82, 2.24) is 0 Å². The molecule has 0 fully saturated rings. The van der Waals surface area contributed by atoms with Crippen molar-refractivity contribution in [3.63, 3.8) is 0 Å². The topological polar surface area (TPSA) is 198 Å². The molecule has 0 aromatic heterocycles. The molecule has 0 spiro atoms. The summed E-state index contributed by atoms with van der Waals surface area (Å²) in [5, 5.41) is 31.7. The molecule has 0 aliphatic rings. The number of nitrogens with zero attached hydrogens (tertiary/aromatic N) is 3. The van der Waals surface area contributed by atoms with Crippen LogP contribution in [0.15, 0.2) is 160 Å². The molecule has 0 aliphatic carbocycles. The maximum Gasteiger partial charge on any atom is 0.192 e. The van der Waals surface area contributed by atoms with Crippen molar-refractivity contribution < 1.29 is 33.0 Å². The Hall–Kier alpha value is -3.90. The van der Waals surface area contributed by atoms with Crippen LogP contribution in [0.1, 0.15) is 166 Å². The van der Waals surface area contributed by atoms with Gasteiger partial charge in [-0.1, -0.05) is 248 Å². The first kappa shape index (κ1) is 90.1. The fourth-order valence-corrected chi connectivity index (χ4v) is 12.9. The van der Waals surface area contributed by atoms with E-state index in [2.05, 4.69) is 256 Å². The Labute approximate surface area is 603 Å². The summed E-state index contributed by atoms with van der Waals surface area (Å²) in [7, 11) is -6.68. The van der Waals surface area contributed by atoms with Gasteiger partial charge in [-0.25, -0.2) is 0 Å². The van der Waals surface area contributed by atoms with Gasteiger partial charge in [-0.05, 0) is 204 Å². The Balaban J connectivity index is 0.000000586. The molecule has 0 radical (unpaired) electrons. The summed E-state index contributed by atoms with van der Waals surface area (Å²) in [6.07, 6.45) is 2.96. The zero-order chi connectivity index (χ0) is 73.5. The summed E-state index contributed by atoms with van der Waals surface area (Å²) in [6, 6.07) is 49.4. The van der Waals surface area contributed by atoms with E-state index in [0.29, 0.717) is 26.2 Å². The van der Waals surface area contributed by atoms with Crippen molar-refractivity contribution in [3.05, 3.63) is 221 Å². The van der Waals surface area contributed by atoms with Gasteiger partial charge < -0.3 is 44.5 Å². The Kier molecular flexibility index (Phi) is 39.8. The predicted molar refractivity (Wildman–Crippen MR) is 426 cm³/mol. The van der Waals surface area contributed by atoms with Crippen LogP contribution in [0.5, 0.6) is 0 Å². The lowest BCUT2D eigenvalue weighted by Crippen LogP contribution is -2.40. The minimum atomic E-state index is -1.72. The highest BCUT2D eigenvalue weighted by atomic mass is 79.9. The van der Waals surface area contributed by atoms with Gasteiger partial charge in [0.2, 0.25) is 0 Å². The third-order valence-corrected chi connectivity index (χ3v) is 37.1. The molecule has 6 aromatic rings. The van der Waals surface area contributed by atoms with Crippen molar-refractivity contribution in [1.29, 1.82) is 0 Å². The minimum Gasteiger partial charge on any atom is -0.413 e. The van der Waals surface area contributed by atoms with Gasteiger partial charge in [0.1, 0.15) is 0 Å². The molecule has 96 heavy (non-hydrogen) atoms. The van der Waals surface area contributed by atoms with Crippen molar-refractivity contribution in [2.75, 3.05) is 0 Å². The summed E-state index contributed by atoms with van der Waals surface area (Å²) < 4.78 is 27.0. The van der Waals surface area contributed by atoms with Gasteiger partial charge in [0.25, 0.3) is 0 Å². The highest BCUT2D eigenvalue weighted by Gasteiger charge is 2.39. The Bertz CT molecular complexity index is 3140. The first-order valence-electron chi connectivity index (χ1n) is 34.0. The molecular formula is C78H127Br2N5O7Si4. The minimum absolute atomic E-state index is 0.0217.